The van der Waals surface area contributed by atoms with Crippen molar-refractivity contribution >= 4 is 5.71 Å². The van der Waals surface area contributed by atoms with Crippen LogP contribution in [-0.4, -0.2) is 12.1 Å². The van der Waals surface area contributed by atoms with Crippen LogP contribution in [0, 0.1) is 5.41 Å². The van der Waals surface area contributed by atoms with Crippen molar-refractivity contribution in [2.45, 2.75) is 25.1 Å². The molecule has 1 unspecified atom stereocenters. The first-order valence-corrected chi connectivity index (χ1v) is 6.92. The van der Waals surface area contributed by atoms with E-state index in [9.17, 15) is 13.2 Å². The van der Waals surface area contributed by atoms with E-state index in [2.05, 4.69) is 4.74 Å². The van der Waals surface area contributed by atoms with Crippen molar-refractivity contribution in [1.29, 1.82) is 5.41 Å². The first-order valence-electron chi connectivity index (χ1n) is 6.92. The molecule has 0 amide bonds. The van der Waals surface area contributed by atoms with Crippen LogP contribution in [0.4, 0.5) is 13.2 Å². The summed E-state index contributed by atoms with van der Waals surface area (Å²) in [5, 5.41) is 7.99. The molecule has 1 atom stereocenters. The standard InChI is InChI=1S/C17H14F3NO/c18-17(19,20)22-14-6-3-5-12(9-14)16-10-13(21)8-11-4-1-2-7-15(11)16/h1-7,9,16,21H,8,10H2. The molecule has 0 saturated heterocycles. The first kappa shape index (κ1) is 14.6. The molecule has 22 heavy (non-hydrogen) atoms. The number of hydrogen-bond acceptors (Lipinski definition) is 2. The molecule has 1 N–H and O–H groups in total. The number of halogens is 3. The highest BCUT2D eigenvalue weighted by Crippen LogP contribution is 2.37. The predicted octanol–water partition coefficient (Wildman–Crippen LogP) is 4.68. The van der Waals surface area contributed by atoms with E-state index in [1.165, 1.54) is 12.1 Å². The largest absolute Gasteiger partial charge is 0.573 e. The molecule has 0 radical (unpaired) electrons. The third-order valence-electron chi connectivity index (χ3n) is 3.78. The van der Waals surface area contributed by atoms with E-state index in [-0.39, 0.29) is 11.7 Å². The number of rotatable bonds is 2. The SMILES string of the molecule is N=C1Cc2ccccc2C(c2cccc(OC(F)(F)F)c2)C1. The van der Waals surface area contributed by atoms with Gasteiger partial charge in [0.1, 0.15) is 5.75 Å². The average Bonchev–Trinajstić information content (AvgIpc) is 2.45. The second kappa shape index (κ2) is 5.48. The highest BCUT2D eigenvalue weighted by molar-refractivity contribution is 5.87. The molecule has 1 aliphatic rings. The monoisotopic (exact) mass is 305 g/mol. The van der Waals surface area contributed by atoms with Crippen molar-refractivity contribution in [2.24, 2.45) is 0 Å². The summed E-state index contributed by atoms with van der Waals surface area (Å²) in [5.74, 6) is -0.325. The Kier molecular flexibility index (Phi) is 3.64. The van der Waals surface area contributed by atoms with E-state index in [1.54, 1.807) is 12.1 Å². The molecular formula is C17H14F3NO. The Morgan fingerprint density at radius 2 is 1.82 bits per heavy atom. The Labute approximate surface area is 126 Å². The molecule has 114 valence electrons. The van der Waals surface area contributed by atoms with Crippen LogP contribution in [0.25, 0.3) is 0 Å². The van der Waals surface area contributed by atoms with Crippen LogP contribution < -0.4 is 4.74 Å². The number of nitrogens with one attached hydrogen (secondary N) is 1. The molecule has 0 aromatic heterocycles. The number of benzene rings is 2. The zero-order valence-electron chi connectivity index (χ0n) is 11.7. The maximum atomic E-state index is 12.4. The lowest BCUT2D eigenvalue weighted by Crippen LogP contribution is -2.19. The van der Waals surface area contributed by atoms with Crippen LogP contribution in [0.15, 0.2) is 48.5 Å². The van der Waals surface area contributed by atoms with Crippen LogP contribution >= 0.6 is 0 Å². The summed E-state index contributed by atoms with van der Waals surface area (Å²) < 4.78 is 41.1. The van der Waals surface area contributed by atoms with E-state index in [0.717, 1.165) is 16.7 Å². The molecule has 0 heterocycles. The predicted molar refractivity (Wildman–Crippen MR) is 77.5 cm³/mol. The Bertz CT molecular complexity index is 709. The van der Waals surface area contributed by atoms with Gasteiger partial charge in [0, 0.05) is 18.1 Å². The zero-order valence-corrected chi connectivity index (χ0v) is 11.7. The van der Waals surface area contributed by atoms with Crippen molar-refractivity contribution in [3.8, 4) is 5.75 Å². The smallest absolute Gasteiger partial charge is 0.406 e. The van der Waals surface area contributed by atoms with E-state index in [0.29, 0.717) is 18.6 Å². The summed E-state index contributed by atoms with van der Waals surface area (Å²) in [6, 6.07) is 13.8. The second-order valence-corrected chi connectivity index (χ2v) is 5.36. The van der Waals surface area contributed by atoms with Crippen molar-refractivity contribution < 1.29 is 17.9 Å². The minimum atomic E-state index is -4.70. The molecule has 5 heteroatoms. The molecule has 2 aromatic rings. The molecule has 0 saturated carbocycles. The fourth-order valence-corrected chi connectivity index (χ4v) is 2.92. The Morgan fingerprint density at radius 3 is 2.59 bits per heavy atom. The summed E-state index contributed by atoms with van der Waals surface area (Å²) in [6.45, 7) is 0. The lowest BCUT2D eigenvalue weighted by molar-refractivity contribution is -0.274. The molecule has 0 fully saturated rings. The third-order valence-corrected chi connectivity index (χ3v) is 3.78. The summed E-state index contributed by atoms with van der Waals surface area (Å²) in [4.78, 5) is 0. The van der Waals surface area contributed by atoms with Crippen molar-refractivity contribution in [1.82, 2.24) is 0 Å². The highest BCUT2D eigenvalue weighted by Gasteiger charge is 2.31. The third kappa shape index (κ3) is 3.13. The van der Waals surface area contributed by atoms with Gasteiger partial charge in [-0.25, -0.2) is 0 Å². The van der Waals surface area contributed by atoms with Gasteiger partial charge in [-0.05, 0) is 35.2 Å². The van der Waals surface area contributed by atoms with Crippen LogP contribution in [-0.2, 0) is 6.42 Å². The topological polar surface area (TPSA) is 33.1 Å². The lowest BCUT2D eigenvalue weighted by Gasteiger charge is -2.26. The van der Waals surface area contributed by atoms with Crippen molar-refractivity contribution in [2.75, 3.05) is 0 Å². The second-order valence-electron chi connectivity index (χ2n) is 5.36. The average molecular weight is 305 g/mol. The first-order chi connectivity index (χ1) is 10.4. The molecular weight excluding hydrogens is 291 g/mol. The fraction of sp³-hybridized carbons (Fsp3) is 0.235. The van der Waals surface area contributed by atoms with Gasteiger partial charge in [-0.3, -0.25) is 0 Å². The van der Waals surface area contributed by atoms with E-state index in [1.807, 2.05) is 24.3 Å². The van der Waals surface area contributed by atoms with Crippen molar-refractivity contribution in [3.05, 3.63) is 65.2 Å². The number of fused-ring (bicyclic) bond motifs is 1. The summed E-state index contributed by atoms with van der Waals surface area (Å²) in [6.07, 6.45) is -3.58. The quantitative estimate of drug-likeness (QED) is 0.858. The Hall–Kier alpha value is -2.30. The zero-order chi connectivity index (χ0) is 15.7. The minimum Gasteiger partial charge on any atom is -0.406 e. The van der Waals surface area contributed by atoms with Crippen LogP contribution in [0.1, 0.15) is 29.0 Å². The van der Waals surface area contributed by atoms with Crippen LogP contribution in [0.5, 0.6) is 5.75 Å². The molecule has 2 aromatic carbocycles. The van der Waals surface area contributed by atoms with Gasteiger partial charge >= 0.3 is 6.36 Å². The molecule has 3 rings (SSSR count). The van der Waals surface area contributed by atoms with E-state index in [4.69, 9.17) is 5.41 Å². The number of alkyl halides is 3. The Balaban J connectivity index is 1.98. The molecule has 0 spiro atoms. The highest BCUT2D eigenvalue weighted by atomic mass is 19.4. The van der Waals surface area contributed by atoms with E-state index < -0.39 is 6.36 Å². The number of hydrogen-bond donors (Lipinski definition) is 1. The van der Waals surface area contributed by atoms with Gasteiger partial charge in [0.15, 0.2) is 0 Å². The molecule has 1 aliphatic carbocycles. The van der Waals surface area contributed by atoms with Gasteiger partial charge in [-0.2, -0.15) is 0 Å². The normalized spacial score (nSPS) is 18.0. The number of ether oxygens (including phenoxy) is 1. The molecule has 2 nitrogen and oxygen atoms in total. The fourth-order valence-electron chi connectivity index (χ4n) is 2.92. The van der Waals surface area contributed by atoms with Crippen molar-refractivity contribution in [3.63, 3.8) is 0 Å². The van der Waals surface area contributed by atoms with Gasteiger partial charge in [0.25, 0.3) is 0 Å². The van der Waals surface area contributed by atoms with Gasteiger partial charge < -0.3 is 10.1 Å². The minimum absolute atomic E-state index is 0.103. The van der Waals surface area contributed by atoms with Gasteiger partial charge in [-0.15, -0.1) is 13.2 Å². The molecule has 0 aliphatic heterocycles. The molecule has 0 bridgehead atoms. The maximum absolute atomic E-state index is 12.4. The van der Waals surface area contributed by atoms with Crippen LogP contribution in [0.2, 0.25) is 0 Å². The van der Waals surface area contributed by atoms with Gasteiger partial charge in [0.05, 0.1) is 0 Å². The summed E-state index contributed by atoms with van der Waals surface area (Å²) >= 11 is 0. The Morgan fingerprint density at radius 1 is 1.05 bits per heavy atom. The maximum Gasteiger partial charge on any atom is 0.573 e. The summed E-state index contributed by atoms with van der Waals surface area (Å²) in [7, 11) is 0. The van der Waals surface area contributed by atoms with Gasteiger partial charge in [0.2, 0.25) is 0 Å². The summed E-state index contributed by atoms with van der Waals surface area (Å²) in [5.41, 5.74) is 3.46. The van der Waals surface area contributed by atoms with Gasteiger partial charge in [-0.1, -0.05) is 36.4 Å². The van der Waals surface area contributed by atoms with E-state index >= 15 is 0 Å². The van der Waals surface area contributed by atoms with Crippen LogP contribution in [0.3, 0.4) is 0 Å². The lowest BCUT2D eigenvalue weighted by atomic mass is 9.78.